The van der Waals surface area contributed by atoms with Crippen molar-refractivity contribution in [1.29, 1.82) is 0 Å². The minimum absolute atomic E-state index is 0.108. The molecule has 0 saturated carbocycles. The van der Waals surface area contributed by atoms with Crippen LogP contribution in [0.4, 0.5) is 0 Å². The van der Waals surface area contributed by atoms with E-state index in [2.05, 4.69) is 47.1 Å². The van der Waals surface area contributed by atoms with Gasteiger partial charge in [-0.05, 0) is 54.6 Å². The van der Waals surface area contributed by atoms with Crippen LogP contribution in [-0.4, -0.2) is 31.2 Å². The van der Waals surface area contributed by atoms with E-state index in [4.69, 9.17) is 9.47 Å². The highest BCUT2D eigenvalue weighted by molar-refractivity contribution is 5.91. The molecular formula is C23H26N2O3. The first-order chi connectivity index (χ1) is 13.6. The topological polar surface area (TPSA) is 52.5 Å². The molecule has 3 aromatic rings. The lowest BCUT2D eigenvalue weighted by Gasteiger charge is -2.09. The molecule has 1 aromatic heterocycles. The summed E-state index contributed by atoms with van der Waals surface area (Å²) in [4.78, 5) is 12.1. The second kappa shape index (κ2) is 9.13. The SMILES string of the molecule is COc1ccc(C=CC(=O)NCCCn2c(C)cc3ccccc32)cc1OC. The zero-order chi connectivity index (χ0) is 19.9. The Morgan fingerprint density at radius 3 is 2.64 bits per heavy atom. The first-order valence-electron chi connectivity index (χ1n) is 9.35. The van der Waals surface area contributed by atoms with Crippen LogP contribution in [0.1, 0.15) is 17.7 Å². The van der Waals surface area contributed by atoms with Gasteiger partial charge in [0, 0.05) is 30.4 Å². The molecule has 2 aromatic carbocycles. The Morgan fingerprint density at radius 1 is 1.07 bits per heavy atom. The Hall–Kier alpha value is -3.21. The van der Waals surface area contributed by atoms with Crippen molar-refractivity contribution < 1.29 is 14.3 Å². The van der Waals surface area contributed by atoms with Crippen molar-refractivity contribution >= 4 is 22.9 Å². The van der Waals surface area contributed by atoms with E-state index in [9.17, 15) is 4.79 Å². The summed E-state index contributed by atoms with van der Waals surface area (Å²) in [7, 11) is 3.19. The maximum absolute atomic E-state index is 12.1. The van der Waals surface area contributed by atoms with Gasteiger partial charge in [0.2, 0.25) is 5.91 Å². The monoisotopic (exact) mass is 378 g/mol. The third kappa shape index (κ3) is 4.55. The lowest BCUT2D eigenvalue weighted by atomic mass is 10.2. The number of aryl methyl sites for hydroxylation is 2. The van der Waals surface area contributed by atoms with Crippen molar-refractivity contribution in [3.8, 4) is 11.5 Å². The van der Waals surface area contributed by atoms with Gasteiger partial charge in [-0.2, -0.15) is 0 Å². The van der Waals surface area contributed by atoms with Crippen LogP contribution in [-0.2, 0) is 11.3 Å². The summed E-state index contributed by atoms with van der Waals surface area (Å²) in [6.07, 6.45) is 4.17. The maximum atomic E-state index is 12.1. The molecule has 0 fully saturated rings. The molecule has 5 nitrogen and oxygen atoms in total. The van der Waals surface area contributed by atoms with Crippen molar-refractivity contribution in [3.63, 3.8) is 0 Å². The second-order valence-electron chi connectivity index (χ2n) is 6.59. The Labute approximate surface area is 165 Å². The number of methoxy groups -OCH3 is 2. The Bertz CT molecular complexity index is 989. The van der Waals surface area contributed by atoms with Gasteiger partial charge in [-0.1, -0.05) is 24.3 Å². The van der Waals surface area contributed by atoms with E-state index < -0.39 is 0 Å². The summed E-state index contributed by atoms with van der Waals surface area (Å²) in [6, 6.07) is 16.1. The lowest BCUT2D eigenvalue weighted by Crippen LogP contribution is -2.23. The average Bonchev–Trinajstić information content (AvgIpc) is 3.04. The number of ether oxygens (including phenoxy) is 2. The fourth-order valence-corrected chi connectivity index (χ4v) is 3.28. The van der Waals surface area contributed by atoms with E-state index in [0.717, 1.165) is 18.5 Å². The summed E-state index contributed by atoms with van der Waals surface area (Å²) in [6.45, 7) is 3.62. The van der Waals surface area contributed by atoms with Gasteiger partial charge in [-0.15, -0.1) is 0 Å². The Balaban J connectivity index is 1.50. The molecule has 1 heterocycles. The average molecular weight is 378 g/mol. The van der Waals surface area contributed by atoms with E-state index in [1.165, 1.54) is 22.7 Å². The van der Waals surface area contributed by atoms with Gasteiger partial charge in [0.25, 0.3) is 0 Å². The van der Waals surface area contributed by atoms with Gasteiger partial charge in [0.1, 0.15) is 0 Å². The zero-order valence-electron chi connectivity index (χ0n) is 16.6. The van der Waals surface area contributed by atoms with Crippen LogP contribution in [0.3, 0.4) is 0 Å². The van der Waals surface area contributed by atoms with Gasteiger partial charge in [0.15, 0.2) is 11.5 Å². The fraction of sp³-hybridized carbons (Fsp3) is 0.261. The number of para-hydroxylation sites is 1. The molecule has 3 rings (SSSR count). The van der Waals surface area contributed by atoms with E-state index in [1.807, 2.05) is 18.2 Å². The van der Waals surface area contributed by atoms with Crippen LogP contribution in [0.15, 0.2) is 54.6 Å². The molecule has 146 valence electrons. The number of carbonyl (C=O) groups excluding carboxylic acids is 1. The Morgan fingerprint density at radius 2 is 1.86 bits per heavy atom. The summed E-state index contributed by atoms with van der Waals surface area (Å²) < 4.78 is 12.8. The number of hydrogen-bond donors (Lipinski definition) is 1. The van der Waals surface area contributed by atoms with E-state index in [0.29, 0.717) is 18.0 Å². The highest BCUT2D eigenvalue weighted by Gasteiger charge is 2.05. The smallest absolute Gasteiger partial charge is 0.244 e. The van der Waals surface area contributed by atoms with Crippen LogP contribution in [0.2, 0.25) is 0 Å². The maximum Gasteiger partial charge on any atom is 0.244 e. The number of aromatic nitrogens is 1. The second-order valence-corrected chi connectivity index (χ2v) is 6.59. The molecular weight excluding hydrogens is 352 g/mol. The number of carbonyl (C=O) groups is 1. The molecule has 28 heavy (non-hydrogen) atoms. The van der Waals surface area contributed by atoms with Crippen LogP contribution in [0.25, 0.3) is 17.0 Å². The van der Waals surface area contributed by atoms with Gasteiger partial charge < -0.3 is 19.4 Å². The number of nitrogens with zero attached hydrogens (tertiary/aromatic N) is 1. The first kappa shape index (κ1) is 19.5. The van der Waals surface area contributed by atoms with Crippen LogP contribution >= 0.6 is 0 Å². The van der Waals surface area contributed by atoms with E-state index >= 15 is 0 Å². The van der Waals surface area contributed by atoms with Gasteiger partial charge in [0.05, 0.1) is 14.2 Å². The highest BCUT2D eigenvalue weighted by atomic mass is 16.5. The molecule has 5 heteroatoms. The van der Waals surface area contributed by atoms with E-state index in [-0.39, 0.29) is 5.91 Å². The van der Waals surface area contributed by atoms with Crippen molar-refractivity contribution in [3.05, 3.63) is 65.9 Å². The van der Waals surface area contributed by atoms with Crippen LogP contribution < -0.4 is 14.8 Å². The van der Waals surface area contributed by atoms with Crippen molar-refractivity contribution in [2.75, 3.05) is 20.8 Å². The van der Waals surface area contributed by atoms with Crippen molar-refractivity contribution in [2.24, 2.45) is 0 Å². The zero-order valence-corrected chi connectivity index (χ0v) is 16.6. The number of hydrogen-bond acceptors (Lipinski definition) is 3. The Kier molecular flexibility index (Phi) is 6.37. The number of fused-ring (bicyclic) bond motifs is 1. The third-order valence-corrected chi connectivity index (χ3v) is 4.71. The number of amides is 1. The highest BCUT2D eigenvalue weighted by Crippen LogP contribution is 2.27. The minimum Gasteiger partial charge on any atom is -0.493 e. The minimum atomic E-state index is -0.108. The molecule has 0 radical (unpaired) electrons. The molecule has 0 saturated heterocycles. The van der Waals surface area contributed by atoms with Gasteiger partial charge >= 0.3 is 0 Å². The molecule has 0 unspecified atom stereocenters. The summed E-state index contributed by atoms with van der Waals surface area (Å²) >= 11 is 0. The normalized spacial score (nSPS) is 11.1. The quantitative estimate of drug-likeness (QED) is 0.472. The fourth-order valence-electron chi connectivity index (χ4n) is 3.28. The third-order valence-electron chi connectivity index (χ3n) is 4.71. The van der Waals surface area contributed by atoms with Crippen LogP contribution in [0.5, 0.6) is 11.5 Å². The van der Waals surface area contributed by atoms with Crippen molar-refractivity contribution in [1.82, 2.24) is 9.88 Å². The lowest BCUT2D eigenvalue weighted by molar-refractivity contribution is -0.116. The molecule has 0 aliphatic rings. The predicted octanol–water partition coefficient (Wildman–Crippen LogP) is 4.19. The predicted molar refractivity (Wildman–Crippen MR) is 113 cm³/mol. The standard InChI is InChI=1S/C23H26N2O3/c1-17-15-19-7-4-5-8-20(19)25(17)14-6-13-24-23(26)12-10-18-9-11-21(27-2)22(16-18)28-3/h4-5,7-12,15-16H,6,13-14H2,1-3H3,(H,24,26). The molecule has 0 aliphatic heterocycles. The largest absolute Gasteiger partial charge is 0.493 e. The van der Waals surface area contributed by atoms with Crippen LogP contribution in [0, 0.1) is 6.92 Å². The summed E-state index contributed by atoms with van der Waals surface area (Å²) in [5.74, 6) is 1.19. The summed E-state index contributed by atoms with van der Waals surface area (Å²) in [5.41, 5.74) is 3.35. The first-order valence-corrected chi connectivity index (χ1v) is 9.35. The van der Waals surface area contributed by atoms with Crippen molar-refractivity contribution in [2.45, 2.75) is 19.9 Å². The van der Waals surface area contributed by atoms with Gasteiger partial charge in [-0.3, -0.25) is 4.79 Å². The number of benzene rings is 2. The van der Waals surface area contributed by atoms with Gasteiger partial charge in [-0.25, -0.2) is 0 Å². The summed E-state index contributed by atoms with van der Waals surface area (Å²) in [5, 5.41) is 4.19. The van der Waals surface area contributed by atoms with E-state index in [1.54, 1.807) is 20.3 Å². The molecule has 0 spiro atoms. The number of nitrogens with one attached hydrogen (secondary N) is 1. The molecule has 0 aliphatic carbocycles. The number of rotatable bonds is 8. The molecule has 1 amide bonds. The molecule has 0 bridgehead atoms. The molecule has 0 atom stereocenters. The molecule has 1 N–H and O–H groups in total.